The largest absolute Gasteiger partial charge is 0.395 e. The number of aliphatic hydroxyl groups excluding tert-OH is 1. The second-order valence-electron chi connectivity index (χ2n) is 6.97. The highest BCUT2D eigenvalue weighted by atomic mass is 16.3. The molecule has 0 atom stereocenters. The molecule has 2 amide bonds. The monoisotopic (exact) mass is 345 g/mol. The highest BCUT2D eigenvalue weighted by molar-refractivity contribution is 6.04. The van der Waals surface area contributed by atoms with Crippen LogP contribution < -0.4 is 10.6 Å². The van der Waals surface area contributed by atoms with Gasteiger partial charge in [-0.25, -0.2) is 0 Å². The Balaban J connectivity index is 1.61. The van der Waals surface area contributed by atoms with Gasteiger partial charge in [0.25, 0.3) is 5.91 Å². The number of nitrogens with zero attached hydrogens (tertiary/aromatic N) is 1. The van der Waals surface area contributed by atoms with Crippen molar-refractivity contribution in [1.82, 2.24) is 10.2 Å². The van der Waals surface area contributed by atoms with Crippen molar-refractivity contribution < 1.29 is 14.7 Å². The Bertz CT molecular complexity index is 610. The van der Waals surface area contributed by atoms with Crippen LogP contribution in [0.4, 0.5) is 5.69 Å². The van der Waals surface area contributed by atoms with Crippen molar-refractivity contribution in [2.24, 2.45) is 0 Å². The molecule has 0 saturated heterocycles. The molecule has 1 aromatic rings. The maximum atomic E-state index is 12.5. The van der Waals surface area contributed by atoms with Crippen LogP contribution in [-0.2, 0) is 4.79 Å². The second kappa shape index (κ2) is 8.45. The van der Waals surface area contributed by atoms with Crippen LogP contribution in [0.25, 0.3) is 0 Å². The maximum Gasteiger partial charge on any atom is 0.253 e. The summed E-state index contributed by atoms with van der Waals surface area (Å²) in [6.07, 6.45) is 6.52. The van der Waals surface area contributed by atoms with Crippen LogP contribution in [0, 0.1) is 0 Å². The summed E-state index contributed by atoms with van der Waals surface area (Å²) in [6.45, 7) is 0.788. The number of carbonyl (C=O) groups is 2. The van der Waals surface area contributed by atoms with Gasteiger partial charge in [0.2, 0.25) is 5.91 Å². The van der Waals surface area contributed by atoms with E-state index in [1.807, 2.05) is 17.0 Å². The van der Waals surface area contributed by atoms with Crippen molar-refractivity contribution in [2.75, 3.05) is 25.0 Å². The Kier molecular flexibility index (Phi) is 6.04. The molecule has 0 heterocycles. The molecule has 3 rings (SSSR count). The minimum Gasteiger partial charge on any atom is -0.395 e. The third kappa shape index (κ3) is 5.03. The maximum absolute atomic E-state index is 12.5. The van der Waals surface area contributed by atoms with Gasteiger partial charge in [-0.15, -0.1) is 0 Å². The number of para-hydroxylation sites is 1. The molecule has 2 aliphatic rings. The molecule has 2 saturated carbocycles. The van der Waals surface area contributed by atoms with Gasteiger partial charge in [-0.2, -0.15) is 0 Å². The Morgan fingerprint density at radius 1 is 1.12 bits per heavy atom. The van der Waals surface area contributed by atoms with Crippen molar-refractivity contribution in [2.45, 2.75) is 50.6 Å². The van der Waals surface area contributed by atoms with Crippen LogP contribution in [0.5, 0.6) is 0 Å². The zero-order valence-electron chi connectivity index (χ0n) is 14.5. The van der Waals surface area contributed by atoms with E-state index in [0.29, 0.717) is 23.8 Å². The van der Waals surface area contributed by atoms with E-state index in [9.17, 15) is 9.59 Å². The predicted octanol–water partition coefficient (Wildman–Crippen LogP) is 1.75. The number of nitrogens with one attached hydrogen (secondary N) is 2. The van der Waals surface area contributed by atoms with E-state index in [0.717, 1.165) is 38.5 Å². The third-order valence-corrected chi connectivity index (χ3v) is 4.93. The Hall–Kier alpha value is -1.92. The average molecular weight is 345 g/mol. The molecule has 0 bridgehead atoms. The standard InChI is InChI=1S/C19H27N3O3/c23-12-11-22(15-9-10-15)13-18(24)21-17-8-4-3-7-16(17)19(25)20-14-5-1-2-6-14/h3-4,7-8,14-15,23H,1-2,5-6,9-13H2,(H,20,25)(H,21,24). The molecule has 0 aromatic heterocycles. The van der Waals surface area contributed by atoms with Crippen molar-refractivity contribution in [3.8, 4) is 0 Å². The van der Waals surface area contributed by atoms with Crippen molar-refractivity contribution in [1.29, 1.82) is 0 Å². The molecular formula is C19H27N3O3. The predicted molar refractivity (Wildman–Crippen MR) is 96.5 cm³/mol. The molecule has 6 heteroatoms. The molecule has 25 heavy (non-hydrogen) atoms. The Labute approximate surface area is 148 Å². The van der Waals surface area contributed by atoms with E-state index in [1.54, 1.807) is 12.1 Å². The zero-order chi connectivity index (χ0) is 17.6. The fourth-order valence-corrected chi connectivity index (χ4v) is 3.46. The Morgan fingerprint density at radius 3 is 2.52 bits per heavy atom. The number of hydrogen-bond acceptors (Lipinski definition) is 4. The summed E-state index contributed by atoms with van der Waals surface area (Å²) in [5.41, 5.74) is 1.05. The van der Waals surface area contributed by atoms with Gasteiger partial charge in [0.05, 0.1) is 24.4 Å². The average Bonchev–Trinajstić information content (AvgIpc) is 3.32. The molecule has 2 fully saturated rings. The van der Waals surface area contributed by atoms with Gasteiger partial charge in [-0.3, -0.25) is 14.5 Å². The summed E-state index contributed by atoms with van der Waals surface area (Å²) in [4.78, 5) is 26.9. The van der Waals surface area contributed by atoms with Gasteiger partial charge >= 0.3 is 0 Å². The first-order valence-corrected chi connectivity index (χ1v) is 9.22. The molecule has 136 valence electrons. The highest BCUT2D eigenvalue weighted by Gasteiger charge is 2.30. The van der Waals surface area contributed by atoms with E-state index >= 15 is 0 Å². The first kappa shape index (κ1) is 17.9. The lowest BCUT2D eigenvalue weighted by atomic mass is 10.1. The fraction of sp³-hybridized carbons (Fsp3) is 0.579. The molecule has 0 radical (unpaired) electrons. The van der Waals surface area contributed by atoms with Gasteiger partial charge in [-0.05, 0) is 37.8 Å². The van der Waals surface area contributed by atoms with Gasteiger partial charge in [-0.1, -0.05) is 25.0 Å². The minimum absolute atomic E-state index is 0.0458. The fourth-order valence-electron chi connectivity index (χ4n) is 3.46. The van der Waals surface area contributed by atoms with E-state index in [2.05, 4.69) is 10.6 Å². The summed E-state index contributed by atoms with van der Waals surface area (Å²) in [7, 11) is 0. The molecule has 0 spiro atoms. The van der Waals surface area contributed by atoms with Gasteiger partial charge in [0.15, 0.2) is 0 Å². The van der Waals surface area contributed by atoms with Crippen molar-refractivity contribution in [3.63, 3.8) is 0 Å². The first-order valence-electron chi connectivity index (χ1n) is 9.22. The first-order chi connectivity index (χ1) is 12.2. The number of carbonyl (C=O) groups excluding carboxylic acids is 2. The quantitative estimate of drug-likeness (QED) is 0.670. The molecule has 0 unspecified atom stereocenters. The summed E-state index contributed by atoms with van der Waals surface area (Å²) in [5.74, 6) is -0.279. The smallest absolute Gasteiger partial charge is 0.253 e. The number of aliphatic hydroxyl groups is 1. The molecule has 2 aliphatic carbocycles. The van der Waals surface area contributed by atoms with Crippen molar-refractivity contribution in [3.05, 3.63) is 29.8 Å². The lowest BCUT2D eigenvalue weighted by molar-refractivity contribution is -0.117. The number of rotatable bonds is 8. The summed E-state index contributed by atoms with van der Waals surface area (Å²) in [5, 5.41) is 15.1. The number of benzene rings is 1. The number of amides is 2. The molecular weight excluding hydrogens is 318 g/mol. The van der Waals surface area contributed by atoms with E-state index in [1.165, 1.54) is 0 Å². The molecule has 3 N–H and O–H groups in total. The molecule has 1 aromatic carbocycles. The van der Waals surface area contributed by atoms with Crippen LogP contribution in [0.2, 0.25) is 0 Å². The third-order valence-electron chi connectivity index (χ3n) is 4.93. The SMILES string of the molecule is O=C(CN(CCO)C1CC1)Nc1ccccc1C(=O)NC1CCCC1. The lowest BCUT2D eigenvalue weighted by Gasteiger charge is -2.20. The number of hydrogen-bond donors (Lipinski definition) is 3. The second-order valence-corrected chi connectivity index (χ2v) is 6.97. The van der Waals surface area contributed by atoms with Crippen LogP contribution in [0.15, 0.2) is 24.3 Å². The van der Waals surface area contributed by atoms with Crippen LogP contribution in [0.3, 0.4) is 0 Å². The van der Waals surface area contributed by atoms with E-state index < -0.39 is 0 Å². The summed E-state index contributed by atoms with van der Waals surface area (Å²) in [6, 6.07) is 7.77. The van der Waals surface area contributed by atoms with Crippen molar-refractivity contribution >= 4 is 17.5 Å². The Morgan fingerprint density at radius 2 is 1.84 bits per heavy atom. The van der Waals surface area contributed by atoms with E-state index in [-0.39, 0.29) is 31.0 Å². The van der Waals surface area contributed by atoms with Gasteiger partial charge in [0.1, 0.15) is 0 Å². The minimum atomic E-state index is -0.151. The van der Waals surface area contributed by atoms with Gasteiger partial charge in [0, 0.05) is 18.6 Å². The number of anilines is 1. The highest BCUT2D eigenvalue weighted by Crippen LogP contribution is 2.26. The van der Waals surface area contributed by atoms with Crippen LogP contribution >= 0.6 is 0 Å². The van der Waals surface area contributed by atoms with Crippen LogP contribution in [-0.4, -0.2) is 53.6 Å². The lowest BCUT2D eigenvalue weighted by Crippen LogP contribution is -2.37. The zero-order valence-corrected chi connectivity index (χ0v) is 14.5. The molecule has 6 nitrogen and oxygen atoms in total. The molecule has 0 aliphatic heterocycles. The van der Waals surface area contributed by atoms with E-state index in [4.69, 9.17) is 5.11 Å². The summed E-state index contributed by atoms with van der Waals surface area (Å²) >= 11 is 0. The topological polar surface area (TPSA) is 81.7 Å². The van der Waals surface area contributed by atoms with Gasteiger partial charge < -0.3 is 15.7 Å². The van der Waals surface area contributed by atoms with Crippen LogP contribution in [0.1, 0.15) is 48.9 Å². The normalized spacial score (nSPS) is 17.7. The summed E-state index contributed by atoms with van der Waals surface area (Å²) < 4.78 is 0.